The summed E-state index contributed by atoms with van der Waals surface area (Å²) in [6.45, 7) is -1.05. The smallest absolute Gasteiger partial charge is 0.333 e. The van der Waals surface area contributed by atoms with Gasteiger partial charge in [-0.25, -0.2) is 4.79 Å². The van der Waals surface area contributed by atoms with Crippen LogP contribution in [0.4, 0.5) is 0 Å². The van der Waals surface area contributed by atoms with Crippen molar-refractivity contribution in [2.75, 3.05) is 26.4 Å². The lowest BCUT2D eigenvalue weighted by Crippen LogP contribution is -2.61. The number of hydroxylamine groups is 2. The molecule has 0 bridgehead atoms. The number of ether oxygens (including phenoxy) is 4. The number of unbranched alkanes of at least 4 members (excludes halogenated alkanes) is 3. The Hall–Kier alpha value is -2.32. The summed E-state index contributed by atoms with van der Waals surface area (Å²) >= 11 is 0. The van der Waals surface area contributed by atoms with Gasteiger partial charge in [0.2, 0.25) is 5.91 Å². The average molecular weight is 623 g/mol. The molecule has 3 saturated heterocycles. The fourth-order valence-electron chi connectivity index (χ4n) is 4.81. The normalized spacial score (nSPS) is 33.1. The third kappa shape index (κ3) is 10.1. The summed E-state index contributed by atoms with van der Waals surface area (Å²) in [4.78, 5) is 51.6. The molecular formula is C26H42N2O15. The Morgan fingerprint density at radius 2 is 1.51 bits per heavy atom. The van der Waals surface area contributed by atoms with E-state index in [1.807, 2.05) is 0 Å². The molecule has 3 aliphatic rings. The van der Waals surface area contributed by atoms with Crippen LogP contribution in [-0.2, 0) is 43.0 Å². The van der Waals surface area contributed by atoms with Crippen LogP contribution in [0.1, 0.15) is 57.8 Å². The minimum atomic E-state index is -1.68. The van der Waals surface area contributed by atoms with Gasteiger partial charge in [0.25, 0.3) is 11.8 Å². The summed E-state index contributed by atoms with van der Waals surface area (Å²) in [5, 5.41) is 63.0. The van der Waals surface area contributed by atoms with Gasteiger partial charge in [0.1, 0.15) is 30.5 Å². The van der Waals surface area contributed by atoms with E-state index in [1.165, 1.54) is 0 Å². The number of carbonyl (C=O) groups excluding carboxylic acids is 4. The van der Waals surface area contributed by atoms with Crippen molar-refractivity contribution >= 4 is 23.7 Å². The molecular weight excluding hydrogens is 580 g/mol. The van der Waals surface area contributed by atoms with Crippen molar-refractivity contribution in [2.45, 2.75) is 113 Å². The maximum absolute atomic E-state index is 12.1. The molecule has 7 N–H and O–H groups in total. The van der Waals surface area contributed by atoms with Crippen LogP contribution in [0.3, 0.4) is 0 Å². The summed E-state index contributed by atoms with van der Waals surface area (Å²) in [5.74, 6) is -1.96. The average Bonchev–Trinajstić information content (AvgIpc) is 3.30. The maximum atomic E-state index is 12.1. The van der Waals surface area contributed by atoms with E-state index in [1.54, 1.807) is 0 Å². The lowest BCUT2D eigenvalue weighted by molar-refractivity contribution is -0.342. The summed E-state index contributed by atoms with van der Waals surface area (Å²) in [6.07, 6.45) is -9.47. The van der Waals surface area contributed by atoms with Gasteiger partial charge in [-0.15, -0.1) is 5.06 Å². The zero-order chi connectivity index (χ0) is 31.5. The van der Waals surface area contributed by atoms with Gasteiger partial charge in [-0.1, -0.05) is 12.8 Å². The van der Waals surface area contributed by atoms with Gasteiger partial charge in [0.15, 0.2) is 12.6 Å². The summed E-state index contributed by atoms with van der Waals surface area (Å²) in [6, 6.07) is 0. The molecule has 0 aliphatic carbocycles. The van der Waals surface area contributed by atoms with Crippen LogP contribution in [0, 0.1) is 0 Å². The highest BCUT2D eigenvalue weighted by Gasteiger charge is 2.47. The second-order valence-electron chi connectivity index (χ2n) is 10.6. The van der Waals surface area contributed by atoms with Gasteiger partial charge in [0.05, 0.1) is 32.0 Å². The molecule has 3 rings (SSSR count). The van der Waals surface area contributed by atoms with Crippen LogP contribution >= 0.6 is 0 Å². The largest absolute Gasteiger partial charge is 0.394 e. The second kappa shape index (κ2) is 17.2. The van der Waals surface area contributed by atoms with Crippen molar-refractivity contribution in [1.82, 2.24) is 10.4 Å². The first kappa shape index (κ1) is 35.2. The minimum absolute atomic E-state index is 0.0116. The van der Waals surface area contributed by atoms with Crippen LogP contribution in [0.15, 0.2) is 0 Å². The van der Waals surface area contributed by atoms with Crippen LogP contribution in [0.5, 0.6) is 0 Å². The van der Waals surface area contributed by atoms with E-state index in [0.29, 0.717) is 30.7 Å². The molecule has 3 fully saturated rings. The van der Waals surface area contributed by atoms with Crippen molar-refractivity contribution < 1.29 is 73.6 Å². The van der Waals surface area contributed by atoms with Crippen LogP contribution in [0.25, 0.3) is 0 Å². The summed E-state index contributed by atoms with van der Waals surface area (Å²) in [5.41, 5.74) is 0. The third-order valence-electron chi connectivity index (χ3n) is 7.28. The minimum Gasteiger partial charge on any atom is -0.394 e. The lowest BCUT2D eigenvalue weighted by atomic mass is 9.98. The fourth-order valence-corrected chi connectivity index (χ4v) is 4.81. The number of nitrogens with one attached hydrogen (secondary N) is 1. The Bertz CT molecular complexity index is 920. The standard InChI is InChI=1S/C26H42N2O15/c29-12-14-11-15(41-26-24(38)23(37)21(35)16(13-30)42-26)22(36)25(40-14)39-10-9-27-17(31)5-3-1-2-4-6-20(34)43-28-18(32)7-8-19(28)33/h14-16,21-26,29-30,35-38H,1-13H2,(H,27,31)/t14?,15?,16?,21-,22?,23?,24?,25?,26+/m1/s1. The molecule has 17 heteroatoms. The number of rotatable bonds is 16. The van der Waals surface area contributed by atoms with Crippen molar-refractivity contribution in [3.8, 4) is 0 Å². The summed E-state index contributed by atoms with van der Waals surface area (Å²) in [7, 11) is 0. The Kier molecular flexibility index (Phi) is 14.1. The zero-order valence-corrected chi connectivity index (χ0v) is 23.7. The molecule has 9 atom stereocenters. The molecule has 17 nitrogen and oxygen atoms in total. The second-order valence-corrected chi connectivity index (χ2v) is 10.6. The highest BCUT2D eigenvalue weighted by Crippen LogP contribution is 2.29. The maximum Gasteiger partial charge on any atom is 0.333 e. The number of hydrogen-bond donors (Lipinski definition) is 7. The first-order chi connectivity index (χ1) is 20.5. The van der Waals surface area contributed by atoms with E-state index in [4.69, 9.17) is 23.8 Å². The molecule has 0 aromatic carbocycles. The molecule has 3 heterocycles. The van der Waals surface area contributed by atoms with E-state index < -0.39 is 86.3 Å². The summed E-state index contributed by atoms with van der Waals surface area (Å²) < 4.78 is 22.0. The molecule has 0 spiro atoms. The van der Waals surface area contributed by atoms with Crippen molar-refractivity contribution in [3.05, 3.63) is 0 Å². The molecule has 246 valence electrons. The Balaban J connectivity index is 1.30. The predicted octanol–water partition coefficient (Wildman–Crippen LogP) is -3.28. The highest BCUT2D eigenvalue weighted by molar-refractivity contribution is 6.01. The third-order valence-corrected chi connectivity index (χ3v) is 7.28. The van der Waals surface area contributed by atoms with Crippen LogP contribution in [0.2, 0.25) is 0 Å². The Morgan fingerprint density at radius 3 is 2.16 bits per heavy atom. The van der Waals surface area contributed by atoms with E-state index in [2.05, 4.69) is 5.32 Å². The molecule has 0 aromatic heterocycles. The molecule has 43 heavy (non-hydrogen) atoms. The first-order valence-corrected chi connectivity index (χ1v) is 14.4. The molecule has 3 aliphatic heterocycles. The van der Waals surface area contributed by atoms with E-state index in [9.17, 15) is 49.8 Å². The van der Waals surface area contributed by atoms with Gasteiger partial charge in [-0.3, -0.25) is 14.4 Å². The van der Waals surface area contributed by atoms with Gasteiger partial charge >= 0.3 is 5.97 Å². The van der Waals surface area contributed by atoms with Crippen LogP contribution < -0.4 is 5.32 Å². The quantitative estimate of drug-likeness (QED) is 0.0658. The molecule has 7 unspecified atom stereocenters. The van der Waals surface area contributed by atoms with E-state index in [0.717, 1.165) is 0 Å². The number of hydrogen-bond acceptors (Lipinski definition) is 15. The van der Waals surface area contributed by atoms with Crippen molar-refractivity contribution in [2.24, 2.45) is 0 Å². The SMILES string of the molecule is O=C(CCCCCCC(=O)ON1C(=O)CCC1=O)NCCOC1OC(CO)CC(O[C@H]2OC(CO)[C@@H](O)C(O)C2O)C1O. The van der Waals surface area contributed by atoms with E-state index in [-0.39, 0.29) is 51.2 Å². The molecule has 0 radical (unpaired) electrons. The van der Waals surface area contributed by atoms with Gasteiger partial charge < -0.3 is 59.7 Å². The Labute approximate surface area is 247 Å². The van der Waals surface area contributed by atoms with Gasteiger partial charge in [-0.2, -0.15) is 0 Å². The number of amides is 3. The molecule has 0 saturated carbocycles. The highest BCUT2D eigenvalue weighted by atomic mass is 16.7. The van der Waals surface area contributed by atoms with Gasteiger partial charge in [0, 0.05) is 38.6 Å². The molecule has 3 amide bonds. The fraction of sp³-hybridized carbons (Fsp3) is 0.846. The van der Waals surface area contributed by atoms with Gasteiger partial charge in [-0.05, 0) is 12.8 Å². The monoisotopic (exact) mass is 622 g/mol. The Morgan fingerprint density at radius 1 is 0.837 bits per heavy atom. The number of nitrogens with zero attached hydrogens (tertiary/aromatic N) is 1. The van der Waals surface area contributed by atoms with Crippen LogP contribution in [-0.4, -0.2) is 141 Å². The first-order valence-electron chi connectivity index (χ1n) is 14.4. The van der Waals surface area contributed by atoms with Crippen molar-refractivity contribution in [3.63, 3.8) is 0 Å². The zero-order valence-electron chi connectivity index (χ0n) is 23.7. The topological polar surface area (TPSA) is 251 Å². The lowest BCUT2D eigenvalue weighted by Gasteiger charge is -2.44. The number of aliphatic hydroxyl groups is 6. The number of aliphatic hydroxyl groups excluding tert-OH is 6. The van der Waals surface area contributed by atoms with Crippen molar-refractivity contribution in [1.29, 1.82) is 0 Å². The number of carbonyl (C=O) groups is 4. The number of imide groups is 1. The predicted molar refractivity (Wildman–Crippen MR) is 139 cm³/mol. The van der Waals surface area contributed by atoms with E-state index >= 15 is 0 Å². The molecule has 0 aromatic rings.